The van der Waals surface area contributed by atoms with E-state index in [1.54, 1.807) is 0 Å². The second-order valence-electron chi connectivity index (χ2n) is 6.39. The van der Waals surface area contributed by atoms with Crippen LogP contribution in [0, 0.1) is 11.8 Å². The Kier molecular flexibility index (Phi) is 3.88. The Morgan fingerprint density at radius 3 is 2.56 bits per heavy atom. The summed E-state index contributed by atoms with van der Waals surface area (Å²) >= 11 is 0. The minimum absolute atomic E-state index is 0.0105. The van der Waals surface area contributed by atoms with Crippen molar-refractivity contribution < 1.29 is 9.53 Å². The zero-order valence-corrected chi connectivity index (χ0v) is 11.2. The van der Waals surface area contributed by atoms with Crippen molar-refractivity contribution in [3.8, 4) is 0 Å². The third kappa shape index (κ3) is 2.71. The van der Waals surface area contributed by atoms with Gasteiger partial charge in [-0.15, -0.1) is 0 Å². The van der Waals surface area contributed by atoms with Crippen LogP contribution in [0.15, 0.2) is 0 Å². The number of nitrogens with one attached hydrogen (secondary N) is 1. The Morgan fingerprint density at radius 2 is 1.78 bits per heavy atom. The molecule has 0 aromatic rings. The summed E-state index contributed by atoms with van der Waals surface area (Å²) in [4.78, 5) is 12.1. The molecule has 0 aromatic carbocycles. The van der Waals surface area contributed by atoms with Crippen molar-refractivity contribution in [1.29, 1.82) is 0 Å². The smallest absolute Gasteiger partial charge is 0.323 e. The van der Waals surface area contributed by atoms with Crippen LogP contribution < -0.4 is 5.32 Å². The van der Waals surface area contributed by atoms with Gasteiger partial charge in [-0.05, 0) is 43.9 Å². The zero-order chi connectivity index (χ0) is 12.4. The average Bonchev–Trinajstić information content (AvgIpc) is 3.04. The molecule has 2 aliphatic carbocycles. The predicted octanol–water partition coefficient (Wildman–Crippen LogP) is 2.64. The van der Waals surface area contributed by atoms with E-state index in [2.05, 4.69) is 5.32 Å². The molecule has 0 spiro atoms. The van der Waals surface area contributed by atoms with Gasteiger partial charge in [-0.2, -0.15) is 0 Å². The molecule has 3 aliphatic rings. The highest BCUT2D eigenvalue weighted by atomic mass is 16.5. The molecule has 0 amide bonds. The highest BCUT2D eigenvalue weighted by Gasteiger charge is 2.39. The molecule has 3 atom stereocenters. The largest absolute Gasteiger partial charge is 0.464 e. The van der Waals surface area contributed by atoms with Crippen molar-refractivity contribution >= 4 is 5.97 Å². The Morgan fingerprint density at radius 1 is 1.06 bits per heavy atom. The van der Waals surface area contributed by atoms with Crippen LogP contribution in [-0.2, 0) is 9.53 Å². The lowest BCUT2D eigenvalue weighted by Gasteiger charge is -2.24. The molecule has 3 unspecified atom stereocenters. The van der Waals surface area contributed by atoms with Gasteiger partial charge in [0, 0.05) is 6.04 Å². The maximum atomic E-state index is 12.1. The van der Waals surface area contributed by atoms with Gasteiger partial charge >= 0.3 is 5.97 Å². The minimum Gasteiger partial charge on any atom is -0.464 e. The van der Waals surface area contributed by atoms with Crippen LogP contribution in [0.4, 0.5) is 0 Å². The maximum absolute atomic E-state index is 12.1. The van der Waals surface area contributed by atoms with Crippen LogP contribution in [0.2, 0.25) is 0 Å². The highest BCUT2D eigenvalue weighted by molar-refractivity contribution is 5.76. The second kappa shape index (κ2) is 5.60. The molecule has 1 saturated heterocycles. The van der Waals surface area contributed by atoms with Gasteiger partial charge in [-0.3, -0.25) is 4.79 Å². The summed E-state index contributed by atoms with van der Waals surface area (Å²) in [5, 5.41) is 3.49. The molecule has 2 saturated carbocycles. The van der Waals surface area contributed by atoms with Crippen molar-refractivity contribution in [3.05, 3.63) is 0 Å². The van der Waals surface area contributed by atoms with Crippen LogP contribution in [0.3, 0.4) is 0 Å². The molecular formula is C15H25NO2. The van der Waals surface area contributed by atoms with Gasteiger partial charge in [-0.1, -0.05) is 25.7 Å². The third-order valence-electron chi connectivity index (χ3n) is 5.08. The first kappa shape index (κ1) is 12.5. The number of ether oxygens (including phenoxy) is 1. The zero-order valence-electron chi connectivity index (χ0n) is 11.2. The van der Waals surface area contributed by atoms with E-state index in [0.29, 0.717) is 18.6 Å². The van der Waals surface area contributed by atoms with Gasteiger partial charge in [0.1, 0.15) is 6.04 Å². The van der Waals surface area contributed by atoms with E-state index in [1.807, 2.05) is 0 Å². The quantitative estimate of drug-likeness (QED) is 0.784. The number of carbonyl (C=O) groups excluding carboxylic acids is 1. The molecule has 3 rings (SSSR count). The van der Waals surface area contributed by atoms with E-state index in [9.17, 15) is 4.79 Å². The normalized spacial score (nSPS) is 36.6. The topological polar surface area (TPSA) is 38.3 Å². The Labute approximate surface area is 110 Å². The molecular weight excluding hydrogens is 226 g/mol. The van der Waals surface area contributed by atoms with Crippen molar-refractivity contribution in [2.75, 3.05) is 6.61 Å². The fourth-order valence-electron chi connectivity index (χ4n) is 3.98. The van der Waals surface area contributed by atoms with E-state index in [0.717, 1.165) is 12.3 Å². The molecule has 0 radical (unpaired) electrons. The summed E-state index contributed by atoms with van der Waals surface area (Å²) in [5.41, 5.74) is 0. The Hall–Kier alpha value is -0.570. The molecule has 1 heterocycles. The van der Waals surface area contributed by atoms with Crippen molar-refractivity contribution in [3.63, 3.8) is 0 Å². The number of hydrogen-bond acceptors (Lipinski definition) is 3. The fraction of sp³-hybridized carbons (Fsp3) is 0.933. The van der Waals surface area contributed by atoms with Crippen molar-refractivity contribution in [2.45, 2.75) is 69.9 Å². The monoisotopic (exact) mass is 251 g/mol. The summed E-state index contributed by atoms with van der Waals surface area (Å²) in [6.45, 7) is 0.659. The van der Waals surface area contributed by atoms with Gasteiger partial charge in [-0.25, -0.2) is 0 Å². The number of fused-ring (bicyclic) bond motifs is 1. The summed E-state index contributed by atoms with van der Waals surface area (Å²) in [7, 11) is 0. The molecule has 1 N–H and O–H groups in total. The third-order valence-corrected chi connectivity index (χ3v) is 5.08. The van der Waals surface area contributed by atoms with Gasteiger partial charge in [0.25, 0.3) is 0 Å². The SMILES string of the molecule is O=C(OCC1CCCC1)C1CC2CCCCC2N1. The van der Waals surface area contributed by atoms with Crippen LogP contribution in [0.5, 0.6) is 0 Å². The number of hydrogen-bond donors (Lipinski definition) is 1. The Balaban J connectivity index is 1.45. The lowest BCUT2D eigenvalue weighted by Crippen LogP contribution is -2.38. The Bertz CT molecular complexity index is 285. The maximum Gasteiger partial charge on any atom is 0.323 e. The minimum atomic E-state index is -0.0143. The predicted molar refractivity (Wildman–Crippen MR) is 70.2 cm³/mol. The van der Waals surface area contributed by atoms with E-state index >= 15 is 0 Å². The van der Waals surface area contributed by atoms with Crippen LogP contribution >= 0.6 is 0 Å². The first-order chi connectivity index (χ1) is 8.83. The molecule has 102 valence electrons. The number of esters is 1. The first-order valence-corrected chi connectivity index (χ1v) is 7.75. The van der Waals surface area contributed by atoms with E-state index < -0.39 is 0 Å². The van der Waals surface area contributed by atoms with Gasteiger partial charge < -0.3 is 10.1 Å². The van der Waals surface area contributed by atoms with E-state index in [1.165, 1.54) is 51.4 Å². The van der Waals surface area contributed by atoms with Crippen LogP contribution in [-0.4, -0.2) is 24.7 Å². The molecule has 18 heavy (non-hydrogen) atoms. The summed E-state index contributed by atoms with van der Waals surface area (Å²) in [6, 6.07) is 0.572. The van der Waals surface area contributed by atoms with Gasteiger partial charge in [0.2, 0.25) is 0 Å². The molecule has 3 fully saturated rings. The molecule has 1 aliphatic heterocycles. The highest BCUT2D eigenvalue weighted by Crippen LogP contribution is 2.33. The van der Waals surface area contributed by atoms with E-state index in [4.69, 9.17) is 4.74 Å². The fourth-order valence-corrected chi connectivity index (χ4v) is 3.98. The second-order valence-corrected chi connectivity index (χ2v) is 6.39. The first-order valence-electron chi connectivity index (χ1n) is 7.75. The molecule has 0 aromatic heterocycles. The standard InChI is InChI=1S/C15H25NO2/c17-15(18-10-11-5-1-2-6-11)14-9-12-7-3-4-8-13(12)16-14/h11-14,16H,1-10H2. The van der Waals surface area contributed by atoms with Crippen molar-refractivity contribution in [2.24, 2.45) is 11.8 Å². The van der Waals surface area contributed by atoms with Crippen molar-refractivity contribution in [1.82, 2.24) is 5.32 Å². The van der Waals surface area contributed by atoms with Crippen LogP contribution in [0.25, 0.3) is 0 Å². The molecule has 0 bridgehead atoms. The van der Waals surface area contributed by atoms with Gasteiger partial charge in [0.05, 0.1) is 6.61 Å². The lowest BCUT2D eigenvalue weighted by atomic mass is 9.85. The summed E-state index contributed by atoms with van der Waals surface area (Å²) < 4.78 is 5.51. The summed E-state index contributed by atoms with van der Waals surface area (Å²) in [6.07, 6.45) is 11.3. The van der Waals surface area contributed by atoms with Crippen LogP contribution in [0.1, 0.15) is 57.8 Å². The summed E-state index contributed by atoms with van der Waals surface area (Å²) in [5.74, 6) is 1.37. The lowest BCUT2D eigenvalue weighted by molar-refractivity contribution is -0.147. The van der Waals surface area contributed by atoms with Gasteiger partial charge in [0.15, 0.2) is 0 Å². The van der Waals surface area contributed by atoms with E-state index in [-0.39, 0.29) is 12.0 Å². The molecule has 3 heteroatoms. The molecule has 3 nitrogen and oxygen atoms in total. The number of carbonyl (C=O) groups is 1. The average molecular weight is 251 g/mol. The number of rotatable bonds is 3.